The van der Waals surface area contributed by atoms with Crippen molar-refractivity contribution in [3.8, 4) is 5.88 Å². The smallest absolute Gasteiger partial charge is 0.277 e. The average molecular weight is 373 g/mol. The number of carbonyl (C=O) groups is 1. The predicted octanol–water partition coefficient (Wildman–Crippen LogP) is 2.90. The van der Waals surface area contributed by atoms with Gasteiger partial charge in [-0.2, -0.15) is 0 Å². The SMILES string of the molecule is CON(C)C(=O)c1ccc(COc2cccc(C3CCNCC3)n2)c(F)c1. The van der Waals surface area contributed by atoms with Crippen molar-refractivity contribution < 1.29 is 18.8 Å². The first kappa shape index (κ1) is 19.3. The van der Waals surface area contributed by atoms with Crippen LogP contribution < -0.4 is 10.1 Å². The van der Waals surface area contributed by atoms with Gasteiger partial charge in [0, 0.05) is 35.9 Å². The minimum absolute atomic E-state index is 0.0447. The quantitative estimate of drug-likeness (QED) is 0.789. The summed E-state index contributed by atoms with van der Waals surface area (Å²) in [5.74, 6) is -0.0145. The van der Waals surface area contributed by atoms with Crippen molar-refractivity contribution in [2.75, 3.05) is 27.2 Å². The summed E-state index contributed by atoms with van der Waals surface area (Å²) in [5.41, 5.74) is 1.59. The maximum atomic E-state index is 14.3. The van der Waals surface area contributed by atoms with Crippen LogP contribution in [0, 0.1) is 5.82 Å². The standard InChI is InChI=1S/C20H24FN3O3/c1-24(26-2)20(25)15-6-7-16(17(21)12-15)13-27-19-5-3-4-18(23-19)14-8-10-22-11-9-14/h3-7,12,14,22H,8-11,13H2,1-2H3. The van der Waals surface area contributed by atoms with Gasteiger partial charge in [-0.1, -0.05) is 12.1 Å². The summed E-state index contributed by atoms with van der Waals surface area (Å²) < 4.78 is 20.0. The van der Waals surface area contributed by atoms with Gasteiger partial charge in [0.1, 0.15) is 12.4 Å². The number of aromatic nitrogens is 1. The average Bonchev–Trinajstić information content (AvgIpc) is 2.72. The number of hydrogen-bond acceptors (Lipinski definition) is 5. The second kappa shape index (κ2) is 8.92. The Morgan fingerprint density at radius 2 is 2.07 bits per heavy atom. The molecule has 27 heavy (non-hydrogen) atoms. The Hall–Kier alpha value is -2.51. The lowest BCUT2D eigenvalue weighted by molar-refractivity contribution is -0.0757. The highest BCUT2D eigenvalue weighted by molar-refractivity contribution is 5.93. The van der Waals surface area contributed by atoms with Crippen molar-refractivity contribution in [1.29, 1.82) is 0 Å². The number of rotatable bonds is 6. The molecule has 0 unspecified atom stereocenters. The molecule has 2 heterocycles. The normalized spacial score (nSPS) is 14.8. The Kier molecular flexibility index (Phi) is 6.36. The van der Waals surface area contributed by atoms with Gasteiger partial charge < -0.3 is 10.1 Å². The summed E-state index contributed by atoms with van der Waals surface area (Å²) in [7, 11) is 2.85. The summed E-state index contributed by atoms with van der Waals surface area (Å²) in [6.07, 6.45) is 2.10. The third-order valence-electron chi connectivity index (χ3n) is 4.74. The lowest BCUT2D eigenvalue weighted by atomic mass is 9.94. The molecule has 0 atom stereocenters. The summed E-state index contributed by atoms with van der Waals surface area (Å²) in [5, 5.41) is 4.38. The van der Waals surface area contributed by atoms with E-state index in [2.05, 4.69) is 10.3 Å². The first-order valence-corrected chi connectivity index (χ1v) is 8.99. The molecule has 1 amide bonds. The molecule has 1 N–H and O–H groups in total. The molecule has 0 saturated carbocycles. The fourth-order valence-electron chi connectivity index (χ4n) is 3.07. The molecule has 7 heteroatoms. The highest BCUT2D eigenvalue weighted by Gasteiger charge is 2.17. The molecule has 1 aliphatic heterocycles. The van der Waals surface area contributed by atoms with Crippen LogP contribution in [0.1, 0.15) is 40.4 Å². The van der Waals surface area contributed by atoms with Crippen molar-refractivity contribution in [2.45, 2.75) is 25.4 Å². The topological polar surface area (TPSA) is 63.7 Å². The number of carbonyl (C=O) groups excluding carboxylic acids is 1. The van der Waals surface area contributed by atoms with Crippen molar-refractivity contribution in [1.82, 2.24) is 15.4 Å². The molecule has 144 valence electrons. The Balaban J connectivity index is 1.65. The van der Waals surface area contributed by atoms with Gasteiger partial charge in [-0.3, -0.25) is 9.63 Å². The van der Waals surface area contributed by atoms with Gasteiger partial charge in [0.15, 0.2) is 0 Å². The van der Waals surface area contributed by atoms with Gasteiger partial charge in [0.2, 0.25) is 5.88 Å². The third-order valence-corrected chi connectivity index (χ3v) is 4.74. The highest BCUT2D eigenvalue weighted by Crippen LogP contribution is 2.25. The van der Waals surface area contributed by atoms with E-state index in [1.807, 2.05) is 12.1 Å². The number of amides is 1. The minimum atomic E-state index is -0.500. The van der Waals surface area contributed by atoms with E-state index in [4.69, 9.17) is 9.57 Å². The van der Waals surface area contributed by atoms with E-state index in [-0.39, 0.29) is 12.2 Å². The van der Waals surface area contributed by atoms with E-state index in [1.165, 1.54) is 20.2 Å². The van der Waals surface area contributed by atoms with E-state index in [1.54, 1.807) is 18.2 Å². The Morgan fingerprint density at radius 3 is 2.78 bits per heavy atom. The van der Waals surface area contributed by atoms with Gasteiger partial charge in [-0.15, -0.1) is 0 Å². The summed E-state index contributed by atoms with van der Waals surface area (Å²) in [4.78, 5) is 21.4. The van der Waals surface area contributed by atoms with Crippen LogP contribution in [0.2, 0.25) is 0 Å². The van der Waals surface area contributed by atoms with Crippen molar-refractivity contribution in [2.24, 2.45) is 0 Å². The molecule has 1 aliphatic rings. The Bertz CT molecular complexity index is 794. The summed E-state index contributed by atoms with van der Waals surface area (Å²) in [6, 6.07) is 9.99. The molecule has 0 spiro atoms. The van der Waals surface area contributed by atoms with Crippen LogP contribution in [-0.2, 0) is 11.4 Å². The van der Waals surface area contributed by atoms with E-state index < -0.39 is 11.7 Å². The fraction of sp³-hybridized carbons (Fsp3) is 0.400. The molecule has 0 aliphatic carbocycles. The van der Waals surface area contributed by atoms with Crippen LogP contribution in [0.4, 0.5) is 4.39 Å². The van der Waals surface area contributed by atoms with Crippen LogP contribution in [0.25, 0.3) is 0 Å². The molecule has 0 radical (unpaired) electrons. The number of hydroxylamine groups is 2. The lowest BCUT2D eigenvalue weighted by Crippen LogP contribution is -2.27. The number of nitrogens with zero attached hydrogens (tertiary/aromatic N) is 2. The van der Waals surface area contributed by atoms with E-state index in [0.717, 1.165) is 36.7 Å². The largest absolute Gasteiger partial charge is 0.473 e. The second-order valence-electron chi connectivity index (χ2n) is 6.51. The lowest BCUT2D eigenvalue weighted by Gasteiger charge is -2.22. The second-order valence-corrected chi connectivity index (χ2v) is 6.51. The number of hydrogen-bond donors (Lipinski definition) is 1. The molecule has 1 aromatic heterocycles. The monoisotopic (exact) mass is 373 g/mol. The van der Waals surface area contributed by atoms with Crippen molar-refractivity contribution in [3.63, 3.8) is 0 Å². The number of benzene rings is 1. The first-order valence-electron chi connectivity index (χ1n) is 8.99. The van der Waals surface area contributed by atoms with Gasteiger partial charge >= 0.3 is 0 Å². The van der Waals surface area contributed by atoms with Crippen LogP contribution in [-0.4, -0.2) is 43.2 Å². The van der Waals surface area contributed by atoms with Gasteiger partial charge in [0.05, 0.1) is 7.11 Å². The number of nitrogens with one attached hydrogen (secondary N) is 1. The van der Waals surface area contributed by atoms with Crippen LogP contribution in [0.5, 0.6) is 5.88 Å². The minimum Gasteiger partial charge on any atom is -0.473 e. The summed E-state index contributed by atoms with van der Waals surface area (Å²) >= 11 is 0. The zero-order chi connectivity index (χ0) is 19.2. The predicted molar refractivity (Wildman–Crippen MR) is 98.9 cm³/mol. The molecule has 1 fully saturated rings. The Labute approximate surface area is 158 Å². The molecule has 1 saturated heterocycles. The molecule has 2 aromatic rings. The molecule has 3 rings (SSSR count). The van der Waals surface area contributed by atoms with E-state index in [0.29, 0.717) is 17.4 Å². The van der Waals surface area contributed by atoms with Crippen molar-refractivity contribution in [3.05, 3.63) is 59.0 Å². The number of pyridine rings is 1. The maximum absolute atomic E-state index is 14.3. The zero-order valence-electron chi connectivity index (χ0n) is 15.6. The molecular weight excluding hydrogens is 349 g/mol. The van der Waals surface area contributed by atoms with E-state index >= 15 is 0 Å². The maximum Gasteiger partial charge on any atom is 0.277 e. The molecular formula is C20H24FN3O3. The van der Waals surface area contributed by atoms with Crippen molar-refractivity contribution >= 4 is 5.91 Å². The van der Waals surface area contributed by atoms with Crippen LogP contribution >= 0.6 is 0 Å². The number of halogens is 1. The zero-order valence-corrected chi connectivity index (χ0v) is 15.6. The van der Waals surface area contributed by atoms with Crippen LogP contribution in [0.15, 0.2) is 36.4 Å². The number of ether oxygens (including phenoxy) is 1. The van der Waals surface area contributed by atoms with Gasteiger partial charge in [-0.25, -0.2) is 14.4 Å². The van der Waals surface area contributed by atoms with Gasteiger partial charge in [0.25, 0.3) is 5.91 Å². The van der Waals surface area contributed by atoms with E-state index in [9.17, 15) is 9.18 Å². The number of piperidine rings is 1. The highest BCUT2D eigenvalue weighted by atomic mass is 19.1. The molecule has 0 bridgehead atoms. The third kappa shape index (κ3) is 4.81. The Morgan fingerprint density at radius 1 is 1.30 bits per heavy atom. The molecule has 1 aromatic carbocycles. The summed E-state index contributed by atoms with van der Waals surface area (Å²) in [6.45, 7) is 2.03. The fourth-order valence-corrected chi connectivity index (χ4v) is 3.07. The molecule has 6 nitrogen and oxygen atoms in total. The van der Waals surface area contributed by atoms with Crippen LogP contribution in [0.3, 0.4) is 0 Å². The first-order chi connectivity index (χ1) is 13.1. The van der Waals surface area contributed by atoms with Gasteiger partial charge in [-0.05, 0) is 44.1 Å².